The van der Waals surface area contributed by atoms with Gasteiger partial charge in [-0.3, -0.25) is 0 Å². The number of hydrogen-bond donors (Lipinski definition) is 1. The Kier molecular flexibility index (Phi) is 3.00. The second kappa shape index (κ2) is 4.15. The Morgan fingerprint density at radius 1 is 1.50 bits per heavy atom. The fraction of sp³-hybridized carbons (Fsp3) is 0.222. The van der Waals surface area contributed by atoms with Gasteiger partial charge in [0.2, 0.25) is 10.0 Å². The van der Waals surface area contributed by atoms with Crippen LogP contribution in [0.4, 0.5) is 0 Å². The van der Waals surface area contributed by atoms with Crippen molar-refractivity contribution in [2.75, 3.05) is 6.26 Å². The second-order valence-corrected chi connectivity index (χ2v) is 5.95. The molecule has 0 spiro atoms. The summed E-state index contributed by atoms with van der Waals surface area (Å²) < 4.78 is 26.9. The first-order valence-corrected chi connectivity index (χ1v) is 7.22. The van der Waals surface area contributed by atoms with Crippen LogP contribution in [0.15, 0.2) is 29.0 Å². The number of sulfonamides is 1. The Morgan fingerprint density at radius 3 is 2.94 bits per heavy atom. The molecule has 2 heterocycles. The highest BCUT2D eigenvalue weighted by Crippen LogP contribution is 2.18. The average Bonchev–Trinajstić information content (AvgIpc) is 2.53. The first-order valence-electron chi connectivity index (χ1n) is 4.53. The van der Waals surface area contributed by atoms with Gasteiger partial charge in [0.05, 0.1) is 18.3 Å². The molecule has 0 aliphatic carbocycles. The van der Waals surface area contributed by atoms with Crippen molar-refractivity contribution in [3.05, 3.63) is 34.8 Å². The highest BCUT2D eigenvalue weighted by atomic mass is 79.9. The van der Waals surface area contributed by atoms with E-state index in [2.05, 4.69) is 25.6 Å². The zero-order chi connectivity index (χ0) is 11.8. The van der Waals surface area contributed by atoms with Crippen LogP contribution in [0.5, 0.6) is 0 Å². The van der Waals surface area contributed by atoms with E-state index in [1.807, 2.05) is 28.8 Å². The first-order chi connectivity index (χ1) is 7.47. The van der Waals surface area contributed by atoms with Crippen LogP contribution in [-0.4, -0.2) is 24.1 Å². The van der Waals surface area contributed by atoms with Gasteiger partial charge in [0.1, 0.15) is 10.4 Å². The second-order valence-electron chi connectivity index (χ2n) is 3.37. The third-order valence-corrected chi connectivity index (χ3v) is 3.32. The molecule has 0 amide bonds. The first kappa shape index (κ1) is 11.6. The van der Waals surface area contributed by atoms with Crippen LogP contribution in [-0.2, 0) is 16.6 Å². The predicted octanol–water partition coefficient (Wildman–Crippen LogP) is 1.15. The molecular weight excluding hydrogens is 294 g/mol. The average molecular weight is 304 g/mol. The minimum Gasteiger partial charge on any atom is -0.301 e. The maximum absolute atomic E-state index is 11.0. The summed E-state index contributed by atoms with van der Waals surface area (Å²) >= 11 is 3.33. The maximum Gasteiger partial charge on any atom is 0.209 e. The van der Waals surface area contributed by atoms with Crippen LogP contribution in [0.3, 0.4) is 0 Å². The zero-order valence-corrected chi connectivity index (χ0v) is 10.9. The van der Waals surface area contributed by atoms with Gasteiger partial charge in [-0.15, -0.1) is 0 Å². The van der Waals surface area contributed by atoms with Crippen molar-refractivity contribution in [3.63, 3.8) is 0 Å². The Bertz CT molecular complexity index is 621. The SMILES string of the molecule is CS(=O)(=O)NCc1nc(Br)c2ccccn12. The van der Waals surface area contributed by atoms with Crippen LogP contribution in [0.2, 0.25) is 0 Å². The molecule has 0 unspecified atom stereocenters. The van der Waals surface area contributed by atoms with Crippen LogP contribution in [0.25, 0.3) is 5.52 Å². The summed E-state index contributed by atoms with van der Waals surface area (Å²) in [4.78, 5) is 4.25. The Morgan fingerprint density at radius 2 is 2.25 bits per heavy atom. The highest BCUT2D eigenvalue weighted by molar-refractivity contribution is 9.10. The van der Waals surface area contributed by atoms with E-state index >= 15 is 0 Å². The van der Waals surface area contributed by atoms with Gasteiger partial charge in [-0.05, 0) is 28.1 Å². The van der Waals surface area contributed by atoms with Gasteiger partial charge in [0.15, 0.2) is 0 Å². The van der Waals surface area contributed by atoms with Crippen molar-refractivity contribution in [1.82, 2.24) is 14.1 Å². The van der Waals surface area contributed by atoms with E-state index in [4.69, 9.17) is 0 Å². The fourth-order valence-corrected chi connectivity index (χ4v) is 2.30. The van der Waals surface area contributed by atoms with Gasteiger partial charge in [-0.2, -0.15) is 0 Å². The molecule has 0 saturated carbocycles. The Balaban J connectivity index is 2.38. The molecule has 1 N–H and O–H groups in total. The van der Waals surface area contributed by atoms with Crippen LogP contribution < -0.4 is 4.72 Å². The van der Waals surface area contributed by atoms with Gasteiger partial charge >= 0.3 is 0 Å². The lowest BCUT2D eigenvalue weighted by Crippen LogP contribution is -2.22. The van der Waals surface area contributed by atoms with Crippen molar-refractivity contribution < 1.29 is 8.42 Å². The van der Waals surface area contributed by atoms with Crippen LogP contribution in [0, 0.1) is 0 Å². The summed E-state index contributed by atoms with van der Waals surface area (Å²) in [5, 5.41) is 0. The van der Waals surface area contributed by atoms with E-state index < -0.39 is 10.0 Å². The molecule has 0 bridgehead atoms. The van der Waals surface area contributed by atoms with Crippen molar-refractivity contribution in [3.8, 4) is 0 Å². The Hall–Kier alpha value is -0.920. The Labute approximate surface area is 102 Å². The number of rotatable bonds is 3. The van der Waals surface area contributed by atoms with Gasteiger partial charge in [0, 0.05) is 6.20 Å². The standard InChI is InChI=1S/C9H10BrN3O2S/c1-16(14,15)11-6-8-12-9(10)7-4-2-3-5-13(7)8/h2-5,11H,6H2,1H3. The minimum atomic E-state index is -3.20. The van der Waals surface area contributed by atoms with E-state index in [1.165, 1.54) is 0 Å². The number of hydrogen-bond acceptors (Lipinski definition) is 3. The normalized spacial score (nSPS) is 12.1. The third-order valence-electron chi connectivity index (χ3n) is 2.07. The summed E-state index contributed by atoms with van der Waals surface area (Å²) in [6.45, 7) is 0.176. The molecule has 7 heteroatoms. The fourth-order valence-electron chi connectivity index (χ4n) is 1.38. The molecule has 0 saturated heterocycles. The van der Waals surface area contributed by atoms with Gasteiger partial charge in [-0.25, -0.2) is 18.1 Å². The van der Waals surface area contributed by atoms with Crippen molar-refractivity contribution >= 4 is 31.5 Å². The number of nitrogens with zero attached hydrogens (tertiary/aromatic N) is 2. The topological polar surface area (TPSA) is 63.5 Å². The van der Waals surface area contributed by atoms with E-state index in [9.17, 15) is 8.42 Å². The molecule has 0 radical (unpaired) electrons. The molecule has 0 aliphatic heterocycles. The lowest BCUT2D eigenvalue weighted by molar-refractivity contribution is 0.585. The van der Waals surface area contributed by atoms with E-state index in [0.717, 1.165) is 11.8 Å². The number of fused-ring (bicyclic) bond motifs is 1. The van der Waals surface area contributed by atoms with Crippen molar-refractivity contribution in [2.24, 2.45) is 0 Å². The maximum atomic E-state index is 11.0. The molecule has 2 rings (SSSR count). The molecule has 0 aliphatic rings. The summed E-state index contributed by atoms with van der Waals surface area (Å²) in [6, 6.07) is 5.67. The van der Waals surface area contributed by atoms with Crippen LogP contribution in [0.1, 0.15) is 5.82 Å². The summed E-state index contributed by atoms with van der Waals surface area (Å²) in [7, 11) is -3.20. The van der Waals surface area contributed by atoms with Gasteiger partial charge in [-0.1, -0.05) is 6.07 Å². The molecule has 16 heavy (non-hydrogen) atoms. The lowest BCUT2D eigenvalue weighted by Gasteiger charge is -2.01. The predicted molar refractivity (Wildman–Crippen MR) is 64.6 cm³/mol. The number of halogens is 1. The highest BCUT2D eigenvalue weighted by Gasteiger charge is 2.09. The molecule has 0 aromatic carbocycles. The quantitative estimate of drug-likeness (QED) is 0.925. The molecular formula is C9H10BrN3O2S. The zero-order valence-electron chi connectivity index (χ0n) is 8.51. The van der Waals surface area contributed by atoms with E-state index in [0.29, 0.717) is 10.4 Å². The summed E-state index contributed by atoms with van der Waals surface area (Å²) in [5.74, 6) is 0.646. The van der Waals surface area contributed by atoms with E-state index in [1.54, 1.807) is 0 Å². The summed E-state index contributed by atoms with van der Waals surface area (Å²) in [5.41, 5.74) is 0.910. The van der Waals surface area contributed by atoms with Gasteiger partial charge in [0.25, 0.3) is 0 Å². The number of imidazole rings is 1. The van der Waals surface area contributed by atoms with Gasteiger partial charge < -0.3 is 4.40 Å². The van der Waals surface area contributed by atoms with Crippen LogP contribution >= 0.6 is 15.9 Å². The van der Waals surface area contributed by atoms with E-state index in [-0.39, 0.29) is 6.54 Å². The minimum absolute atomic E-state index is 0.176. The smallest absolute Gasteiger partial charge is 0.209 e. The molecule has 0 fully saturated rings. The van der Waals surface area contributed by atoms with Crippen molar-refractivity contribution in [2.45, 2.75) is 6.54 Å². The molecule has 2 aromatic heterocycles. The third kappa shape index (κ3) is 2.42. The number of aromatic nitrogens is 2. The molecule has 86 valence electrons. The number of pyridine rings is 1. The molecule has 5 nitrogen and oxygen atoms in total. The summed E-state index contributed by atoms with van der Waals surface area (Å²) in [6.07, 6.45) is 2.96. The molecule has 0 atom stereocenters. The largest absolute Gasteiger partial charge is 0.301 e. The monoisotopic (exact) mass is 303 g/mol. The van der Waals surface area contributed by atoms with Crippen molar-refractivity contribution in [1.29, 1.82) is 0 Å². The molecule has 2 aromatic rings. The number of nitrogens with one attached hydrogen (secondary N) is 1. The lowest BCUT2D eigenvalue weighted by atomic mass is 10.4.